The SMILES string of the molecule is CCS(=O)(=O)N1CCC(Cn2cc(C)c3ncc(-c4c(C)noc4C)cc32)CC1. The van der Waals surface area contributed by atoms with Crippen LogP contribution < -0.4 is 0 Å². The fourth-order valence-electron chi connectivity index (χ4n) is 4.35. The Hall–Kier alpha value is -2.19. The molecular weight excluding hydrogens is 388 g/mol. The Kier molecular flexibility index (Phi) is 5.25. The number of pyridine rings is 1. The van der Waals surface area contributed by atoms with Gasteiger partial charge in [-0.25, -0.2) is 12.7 Å². The van der Waals surface area contributed by atoms with E-state index in [1.807, 2.05) is 20.0 Å². The number of nitrogens with zero attached hydrogens (tertiary/aromatic N) is 4. The summed E-state index contributed by atoms with van der Waals surface area (Å²) in [5, 5.41) is 4.06. The fourth-order valence-corrected chi connectivity index (χ4v) is 5.49. The van der Waals surface area contributed by atoms with Crippen molar-refractivity contribution in [3.8, 4) is 11.1 Å². The summed E-state index contributed by atoms with van der Waals surface area (Å²) in [5.41, 5.74) is 6.13. The van der Waals surface area contributed by atoms with E-state index >= 15 is 0 Å². The van der Waals surface area contributed by atoms with Crippen molar-refractivity contribution < 1.29 is 12.9 Å². The van der Waals surface area contributed by atoms with Crippen molar-refractivity contribution >= 4 is 21.1 Å². The predicted molar refractivity (Wildman–Crippen MR) is 113 cm³/mol. The van der Waals surface area contributed by atoms with Gasteiger partial charge in [0.15, 0.2) is 0 Å². The highest BCUT2D eigenvalue weighted by atomic mass is 32.2. The number of fused-ring (bicyclic) bond motifs is 1. The molecule has 156 valence electrons. The van der Waals surface area contributed by atoms with E-state index in [2.05, 4.69) is 28.9 Å². The van der Waals surface area contributed by atoms with Crippen molar-refractivity contribution in [2.45, 2.75) is 47.1 Å². The highest BCUT2D eigenvalue weighted by Crippen LogP contribution is 2.31. The first-order chi connectivity index (χ1) is 13.8. The first-order valence-corrected chi connectivity index (χ1v) is 11.8. The number of hydrogen-bond donors (Lipinski definition) is 0. The molecule has 4 heterocycles. The number of aryl methyl sites for hydroxylation is 3. The van der Waals surface area contributed by atoms with Crippen LogP contribution in [-0.4, -0.2) is 46.3 Å². The minimum atomic E-state index is -3.09. The average Bonchev–Trinajstić information content (AvgIpc) is 3.20. The highest BCUT2D eigenvalue weighted by Gasteiger charge is 2.27. The summed E-state index contributed by atoms with van der Waals surface area (Å²) in [5.74, 6) is 1.42. The maximum Gasteiger partial charge on any atom is 0.213 e. The van der Waals surface area contributed by atoms with Gasteiger partial charge < -0.3 is 9.09 Å². The van der Waals surface area contributed by atoms with Crippen molar-refractivity contribution in [3.63, 3.8) is 0 Å². The van der Waals surface area contributed by atoms with Gasteiger partial charge in [-0.2, -0.15) is 0 Å². The lowest BCUT2D eigenvalue weighted by Crippen LogP contribution is -2.40. The molecule has 0 radical (unpaired) electrons. The van der Waals surface area contributed by atoms with E-state index in [1.54, 1.807) is 11.2 Å². The van der Waals surface area contributed by atoms with Gasteiger partial charge in [-0.1, -0.05) is 5.16 Å². The molecule has 1 saturated heterocycles. The molecule has 4 rings (SSSR count). The van der Waals surface area contributed by atoms with Gasteiger partial charge in [-0.3, -0.25) is 4.98 Å². The maximum absolute atomic E-state index is 12.1. The van der Waals surface area contributed by atoms with E-state index in [-0.39, 0.29) is 5.75 Å². The quantitative estimate of drug-likeness (QED) is 0.634. The molecule has 0 spiro atoms. The van der Waals surface area contributed by atoms with E-state index in [1.165, 1.54) is 0 Å². The highest BCUT2D eigenvalue weighted by molar-refractivity contribution is 7.89. The molecule has 0 bridgehead atoms. The van der Waals surface area contributed by atoms with Gasteiger partial charge in [0.05, 0.1) is 22.5 Å². The molecule has 1 fully saturated rings. The minimum Gasteiger partial charge on any atom is -0.361 e. The molecule has 0 saturated carbocycles. The number of sulfonamides is 1. The Balaban J connectivity index is 1.59. The lowest BCUT2D eigenvalue weighted by Gasteiger charge is -2.31. The second kappa shape index (κ2) is 7.57. The molecule has 3 aromatic heterocycles. The molecule has 0 N–H and O–H groups in total. The summed E-state index contributed by atoms with van der Waals surface area (Å²) in [4.78, 5) is 4.71. The Morgan fingerprint density at radius 1 is 1.21 bits per heavy atom. The summed E-state index contributed by atoms with van der Waals surface area (Å²) in [6.45, 7) is 9.75. The summed E-state index contributed by atoms with van der Waals surface area (Å²) >= 11 is 0. The molecule has 0 unspecified atom stereocenters. The summed E-state index contributed by atoms with van der Waals surface area (Å²) < 4.78 is 33.4. The fraction of sp³-hybridized carbons (Fsp3) is 0.524. The van der Waals surface area contributed by atoms with E-state index in [9.17, 15) is 8.42 Å². The van der Waals surface area contributed by atoms with Crippen LogP contribution in [0.15, 0.2) is 23.0 Å². The third kappa shape index (κ3) is 3.71. The van der Waals surface area contributed by atoms with Crippen molar-refractivity contribution in [2.75, 3.05) is 18.8 Å². The minimum absolute atomic E-state index is 0.176. The standard InChI is InChI=1S/C21H28N4O3S/c1-5-29(26,27)25-8-6-17(7-9-25)13-24-12-14(2)21-19(24)10-18(11-22-21)20-15(3)23-28-16(20)4/h10-12,17H,5-9,13H2,1-4H3. The van der Waals surface area contributed by atoms with Crippen molar-refractivity contribution in [1.82, 2.24) is 19.0 Å². The Morgan fingerprint density at radius 3 is 2.55 bits per heavy atom. The number of rotatable bonds is 5. The van der Waals surface area contributed by atoms with E-state index < -0.39 is 10.0 Å². The van der Waals surface area contributed by atoms with Crippen molar-refractivity contribution in [3.05, 3.63) is 35.5 Å². The summed E-state index contributed by atoms with van der Waals surface area (Å²) in [7, 11) is -3.09. The number of piperidine rings is 1. The molecule has 3 aromatic rings. The first-order valence-electron chi connectivity index (χ1n) is 10.2. The van der Waals surface area contributed by atoms with E-state index in [4.69, 9.17) is 9.51 Å². The molecule has 0 aromatic carbocycles. The lowest BCUT2D eigenvalue weighted by molar-refractivity contribution is 0.255. The molecule has 1 aliphatic heterocycles. The van der Waals surface area contributed by atoms with Gasteiger partial charge in [0, 0.05) is 43.2 Å². The van der Waals surface area contributed by atoms with Crippen LogP contribution in [0.3, 0.4) is 0 Å². The third-order valence-electron chi connectivity index (χ3n) is 6.01. The van der Waals surface area contributed by atoms with Gasteiger partial charge in [0.2, 0.25) is 10.0 Å². The Bertz CT molecular complexity index is 1120. The Morgan fingerprint density at radius 2 is 1.93 bits per heavy atom. The van der Waals surface area contributed by atoms with Crippen LogP contribution in [0.5, 0.6) is 0 Å². The molecule has 7 nitrogen and oxygen atoms in total. The van der Waals surface area contributed by atoms with Gasteiger partial charge in [-0.15, -0.1) is 0 Å². The van der Waals surface area contributed by atoms with Gasteiger partial charge in [0.25, 0.3) is 0 Å². The summed E-state index contributed by atoms with van der Waals surface area (Å²) in [6, 6.07) is 2.17. The van der Waals surface area contributed by atoms with Crippen LogP contribution in [0.1, 0.15) is 36.8 Å². The van der Waals surface area contributed by atoms with Gasteiger partial charge in [-0.05, 0) is 58.1 Å². The second-order valence-corrected chi connectivity index (χ2v) is 10.3. The van der Waals surface area contributed by atoms with Crippen LogP contribution in [0.25, 0.3) is 22.2 Å². The average molecular weight is 417 g/mol. The zero-order valence-corrected chi connectivity index (χ0v) is 18.3. The Labute approximate surface area is 171 Å². The zero-order valence-electron chi connectivity index (χ0n) is 17.5. The first kappa shape index (κ1) is 20.1. The maximum atomic E-state index is 12.1. The monoisotopic (exact) mass is 416 g/mol. The number of aromatic nitrogens is 3. The van der Waals surface area contributed by atoms with Crippen LogP contribution in [-0.2, 0) is 16.6 Å². The van der Waals surface area contributed by atoms with Crippen LogP contribution >= 0.6 is 0 Å². The molecular formula is C21H28N4O3S. The molecule has 0 atom stereocenters. The van der Waals surface area contributed by atoms with Crippen LogP contribution in [0, 0.1) is 26.7 Å². The second-order valence-electron chi connectivity index (χ2n) is 8.00. The van der Waals surface area contributed by atoms with Crippen LogP contribution in [0.2, 0.25) is 0 Å². The predicted octanol–water partition coefficient (Wildman–Crippen LogP) is 3.68. The molecule has 0 aliphatic carbocycles. The molecule has 0 amide bonds. The molecule has 1 aliphatic rings. The topological polar surface area (TPSA) is 81.2 Å². The third-order valence-corrected chi connectivity index (χ3v) is 7.89. The zero-order chi connectivity index (χ0) is 20.8. The molecule has 8 heteroatoms. The van der Waals surface area contributed by atoms with Crippen LogP contribution in [0.4, 0.5) is 0 Å². The molecule has 29 heavy (non-hydrogen) atoms. The van der Waals surface area contributed by atoms with Gasteiger partial charge >= 0.3 is 0 Å². The normalized spacial score (nSPS) is 16.7. The summed E-state index contributed by atoms with van der Waals surface area (Å²) in [6.07, 6.45) is 5.81. The largest absolute Gasteiger partial charge is 0.361 e. The van der Waals surface area contributed by atoms with E-state index in [0.29, 0.717) is 19.0 Å². The smallest absolute Gasteiger partial charge is 0.213 e. The van der Waals surface area contributed by atoms with Crippen molar-refractivity contribution in [2.24, 2.45) is 5.92 Å². The number of hydrogen-bond acceptors (Lipinski definition) is 5. The van der Waals surface area contributed by atoms with E-state index in [0.717, 1.165) is 58.6 Å². The lowest BCUT2D eigenvalue weighted by atomic mass is 9.98. The van der Waals surface area contributed by atoms with Crippen molar-refractivity contribution in [1.29, 1.82) is 0 Å². The van der Waals surface area contributed by atoms with Gasteiger partial charge in [0.1, 0.15) is 5.76 Å².